The van der Waals surface area contributed by atoms with E-state index in [0.29, 0.717) is 27.8 Å². The Morgan fingerprint density at radius 3 is 2.77 bits per heavy atom. The summed E-state index contributed by atoms with van der Waals surface area (Å²) >= 11 is 6.23. The first kappa shape index (κ1) is 18.3. The summed E-state index contributed by atoms with van der Waals surface area (Å²) in [6.45, 7) is 0.886. The third-order valence-corrected chi connectivity index (χ3v) is 5.99. The van der Waals surface area contributed by atoms with Crippen molar-refractivity contribution in [1.82, 2.24) is 29.1 Å². The highest BCUT2D eigenvalue weighted by Crippen LogP contribution is 2.34. The molecule has 6 rings (SSSR count). The molecule has 0 unspecified atom stereocenters. The van der Waals surface area contributed by atoms with Crippen LogP contribution in [-0.4, -0.2) is 29.1 Å². The van der Waals surface area contributed by atoms with Gasteiger partial charge in [0, 0.05) is 49.3 Å². The quantitative estimate of drug-likeness (QED) is 0.428. The standard InChI is InChI=1S/C23H19ClN6O/c1-28-13-16-9-18(4-5-19(16)26-28)30-23(31)21(15-8-17(24)11-25-10-15)22-20(27-30)6-7-29(22)12-14-2-3-14/h4-11,13-14H,2-3,12H2,1H3. The Morgan fingerprint density at radius 2 is 1.97 bits per heavy atom. The molecule has 0 aliphatic heterocycles. The first-order chi connectivity index (χ1) is 15.1. The van der Waals surface area contributed by atoms with Crippen LogP contribution in [0, 0.1) is 5.92 Å². The summed E-state index contributed by atoms with van der Waals surface area (Å²) in [5, 5.41) is 10.6. The van der Waals surface area contributed by atoms with Crippen LogP contribution >= 0.6 is 11.6 Å². The smallest absolute Gasteiger partial charge is 0.281 e. The first-order valence-corrected chi connectivity index (χ1v) is 10.6. The van der Waals surface area contributed by atoms with Gasteiger partial charge in [-0.05, 0) is 49.1 Å². The number of hydrogen-bond donors (Lipinski definition) is 0. The maximum Gasteiger partial charge on any atom is 0.281 e. The number of halogens is 1. The van der Waals surface area contributed by atoms with Gasteiger partial charge in [0.15, 0.2) is 0 Å². The van der Waals surface area contributed by atoms with Gasteiger partial charge in [0.2, 0.25) is 0 Å². The summed E-state index contributed by atoms with van der Waals surface area (Å²) < 4.78 is 5.37. The SMILES string of the molecule is Cn1cc2cc(-n3nc4ccn(CC5CC5)c4c(-c4cncc(Cl)c4)c3=O)ccc2n1. The normalized spacial score (nSPS) is 14.0. The molecule has 1 aliphatic carbocycles. The summed E-state index contributed by atoms with van der Waals surface area (Å²) in [4.78, 5) is 18.0. The number of pyridine rings is 1. The van der Waals surface area contributed by atoms with Crippen LogP contribution in [0.5, 0.6) is 0 Å². The fraction of sp³-hybridized carbons (Fsp3) is 0.217. The first-order valence-electron chi connectivity index (χ1n) is 10.2. The van der Waals surface area contributed by atoms with Crippen LogP contribution in [0.25, 0.3) is 38.8 Å². The second-order valence-corrected chi connectivity index (χ2v) is 8.61. The molecule has 0 saturated heterocycles. The van der Waals surface area contributed by atoms with Crippen LogP contribution in [0.1, 0.15) is 12.8 Å². The van der Waals surface area contributed by atoms with Crippen molar-refractivity contribution < 1.29 is 0 Å². The predicted molar refractivity (Wildman–Crippen MR) is 121 cm³/mol. The van der Waals surface area contributed by atoms with Gasteiger partial charge in [0.25, 0.3) is 5.56 Å². The second-order valence-electron chi connectivity index (χ2n) is 8.17. The van der Waals surface area contributed by atoms with Gasteiger partial charge in [0.05, 0.1) is 27.3 Å². The van der Waals surface area contributed by atoms with Crippen molar-refractivity contribution in [2.24, 2.45) is 13.0 Å². The summed E-state index contributed by atoms with van der Waals surface area (Å²) in [5.41, 5.74) is 4.22. The lowest BCUT2D eigenvalue weighted by Gasteiger charge is -2.12. The minimum atomic E-state index is -0.199. The highest BCUT2D eigenvalue weighted by Gasteiger charge is 2.25. The molecular weight excluding hydrogens is 412 g/mol. The van der Waals surface area contributed by atoms with Crippen molar-refractivity contribution in [2.75, 3.05) is 0 Å². The molecule has 8 heteroatoms. The largest absolute Gasteiger partial charge is 0.345 e. The molecule has 0 amide bonds. The minimum absolute atomic E-state index is 0.199. The van der Waals surface area contributed by atoms with Gasteiger partial charge in [0.1, 0.15) is 5.52 Å². The van der Waals surface area contributed by atoms with Gasteiger partial charge in [-0.25, -0.2) is 0 Å². The molecule has 5 aromatic rings. The molecule has 7 nitrogen and oxygen atoms in total. The Morgan fingerprint density at radius 1 is 1.10 bits per heavy atom. The molecule has 4 heterocycles. The second kappa shape index (κ2) is 6.78. The number of aryl methyl sites for hydroxylation is 1. The highest BCUT2D eigenvalue weighted by atomic mass is 35.5. The van der Waals surface area contributed by atoms with E-state index < -0.39 is 0 Å². The average molecular weight is 431 g/mol. The number of benzene rings is 1. The molecule has 0 spiro atoms. The molecule has 0 N–H and O–H groups in total. The number of rotatable bonds is 4. The minimum Gasteiger partial charge on any atom is -0.345 e. The van der Waals surface area contributed by atoms with Crippen LogP contribution in [0.4, 0.5) is 0 Å². The number of aromatic nitrogens is 6. The third kappa shape index (κ3) is 3.13. The number of nitrogens with zero attached hydrogens (tertiary/aromatic N) is 6. The van der Waals surface area contributed by atoms with E-state index in [1.54, 1.807) is 23.1 Å². The molecule has 0 atom stereocenters. The molecule has 0 radical (unpaired) electrons. The van der Waals surface area contributed by atoms with Gasteiger partial charge >= 0.3 is 0 Å². The molecule has 1 saturated carbocycles. The van der Waals surface area contributed by atoms with Crippen molar-refractivity contribution in [3.63, 3.8) is 0 Å². The lowest BCUT2D eigenvalue weighted by atomic mass is 10.1. The van der Waals surface area contributed by atoms with E-state index in [1.165, 1.54) is 17.5 Å². The Hall–Kier alpha value is -3.45. The van der Waals surface area contributed by atoms with E-state index in [-0.39, 0.29) is 5.56 Å². The molecule has 154 valence electrons. The molecule has 31 heavy (non-hydrogen) atoms. The monoisotopic (exact) mass is 430 g/mol. The van der Waals surface area contributed by atoms with E-state index in [9.17, 15) is 4.79 Å². The zero-order chi connectivity index (χ0) is 21.1. The summed E-state index contributed by atoms with van der Waals surface area (Å²) in [7, 11) is 1.88. The Labute approximate surface area is 182 Å². The lowest BCUT2D eigenvalue weighted by Crippen LogP contribution is -2.24. The fourth-order valence-corrected chi connectivity index (χ4v) is 4.33. The fourth-order valence-electron chi connectivity index (χ4n) is 4.16. The molecular formula is C23H19ClN6O. The summed E-state index contributed by atoms with van der Waals surface area (Å²) in [5.74, 6) is 0.663. The zero-order valence-electron chi connectivity index (χ0n) is 16.9. The Bertz CT molecular complexity index is 1520. The van der Waals surface area contributed by atoms with Crippen molar-refractivity contribution in [3.05, 3.63) is 70.5 Å². The highest BCUT2D eigenvalue weighted by molar-refractivity contribution is 6.30. The molecule has 4 aromatic heterocycles. The number of hydrogen-bond acceptors (Lipinski definition) is 4. The average Bonchev–Trinajstić information content (AvgIpc) is 3.36. The van der Waals surface area contributed by atoms with E-state index >= 15 is 0 Å². The van der Waals surface area contributed by atoms with Crippen molar-refractivity contribution in [2.45, 2.75) is 19.4 Å². The van der Waals surface area contributed by atoms with E-state index in [1.807, 2.05) is 43.7 Å². The number of fused-ring (bicyclic) bond motifs is 2. The molecule has 0 bridgehead atoms. The van der Waals surface area contributed by atoms with Crippen LogP contribution in [-0.2, 0) is 13.6 Å². The van der Waals surface area contributed by atoms with Crippen molar-refractivity contribution in [1.29, 1.82) is 0 Å². The lowest BCUT2D eigenvalue weighted by molar-refractivity contribution is 0.646. The Kier molecular flexibility index (Phi) is 4.01. The summed E-state index contributed by atoms with van der Waals surface area (Å²) in [6.07, 6.45) is 9.65. The predicted octanol–water partition coefficient (Wildman–Crippen LogP) is 4.20. The Balaban J connectivity index is 1.64. The van der Waals surface area contributed by atoms with Gasteiger partial charge < -0.3 is 4.57 Å². The summed E-state index contributed by atoms with van der Waals surface area (Å²) in [6, 6.07) is 9.47. The van der Waals surface area contributed by atoms with E-state index in [4.69, 9.17) is 16.7 Å². The van der Waals surface area contributed by atoms with Crippen LogP contribution in [0.3, 0.4) is 0 Å². The van der Waals surface area contributed by atoms with Crippen LogP contribution in [0.15, 0.2) is 59.9 Å². The van der Waals surface area contributed by atoms with Crippen molar-refractivity contribution in [3.8, 4) is 16.8 Å². The topological polar surface area (TPSA) is 70.5 Å². The molecule has 1 aromatic carbocycles. The molecule has 1 aliphatic rings. The molecule has 1 fully saturated rings. The third-order valence-electron chi connectivity index (χ3n) is 5.79. The maximum absolute atomic E-state index is 13.8. The zero-order valence-corrected chi connectivity index (χ0v) is 17.6. The van der Waals surface area contributed by atoms with Gasteiger partial charge in [-0.1, -0.05) is 11.6 Å². The van der Waals surface area contributed by atoms with Gasteiger partial charge in [-0.15, -0.1) is 0 Å². The van der Waals surface area contributed by atoms with Crippen LogP contribution < -0.4 is 5.56 Å². The van der Waals surface area contributed by atoms with Gasteiger partial charge in [-0.3, -0.25) is 14.5 Å². The van der Waals surface area contributed by atoms with E-state index in [0.717, 1.165) is 28.5 Å². The maximum atomic E-state index is 13.8. The van der Waals surface area contributed by atoms with Crippen molar-refractivity contribution >= 4 is 33.5 Å². The van der Waals surface area contributed by atoms with Gasteiger partial charge in [-0.2, -0.15) is 14.9 Å². The van der Waals surface area contributed by atoms with Crippen LogP contribution in [0.2, 0.25) is 5.02 Å². The van der Waals surface area contributed by atoms with E-state index in [2.05, 4.69) is 14.6 Å².